The van der Waals surface area contributed by atoms with Gasteiger partial charge in [-0.05, 0) is 67.8 Å². The predicted octanol–water partition coefficient (Wildman–Crippen LogP) is 6.03. The Labute approximate surface area is 198 Å². The number of benzene rings is 2. The van der Waals surface area contributed by atoms with Crippen molar-refractivity contribution in [3.63, 3.8) is 0 Å². The topological polar surface area (TPSA) is 60.2 Å². The second kappa shape index (κ2) is 10.6. The lowest BCUT2D eigenvalue weighted by atomic mass is 10.1. The lowest BCUT2D eigenvalue weighted by Gasteiger charge is -2.20. The zero-order valence-electron chi connectivity index (χ0n) is 19.5. The molecular weight excluding hydrogens is 432 g/mol. The molecule has 0 radical (unpaired) electrons. The van der Waals surface area contributed by atoms with Gasteiger partial charge in [0.05, 0.1) is 23.4 Å². The number of amides is 1. The molecule has 172 valence electrons. The van der Waals surface area contributed by atoms with Crippen LogP contribution < -0.4 is 9.64 Å². The number of aromatic nitrogens is 3. The molecular formula is C26H30N4O2S. The average Bonchev–Trinajstić information content (AvgIpc) is 3.47. The van der Waals surface area contributed by atoms with E-state index in [0.29, 0.717) is 30.4 Å². The van der Waals surface area contributed by atoms with Crippen LogP contribution in [0.2, 0.25) is 0 Å². The smallest absolute Gasteiger partial charge is 0.260 e. The van der Waals surface area contributed by atoms with Crippen LogP contribution in [0.3, 0.4) is 0 Å². The number of unbranched alkanes of at least 4 members (excludes halogenated alkanes) is 2. The van der Waals surface area contributed by atoms with Crippen LogP contribution in [-0.2, 0) is 6.54 Å². The first-order chi connectivity index (χ1) is 16.0. The van der Waals surface area contributed by atoms with Crippen LogP contribution in [0.5, 0.6) is 5.75 Å². The third-order valence-electron chi connectivity index (χ3n) is 5.52. The van der Waals surface area contributed by atoms with Gasteiger partial charge in [0.1, 0.15) is 5.75 Å². The van der Waals surface area contributed by atoms with Gasteiger partial charge in [-0.2, -0.15) is 5.10 Å². The zero-order valence-corrected chi connectivity index (χ0v) is 20.3. The van der Waals surface area contributed by atoms with Gasteiger partial charge >= 0.3 is 0 Å². The van der Waals surface area contributed by atoms with E-state index >= 15 is 0 Å². The van der Waals surface area contributed by atoms with Crippen LogP contribution in [0.4, 0.5) is 5.13 Å². The van der Waals surface area contributed by atoms with Crippen LogP contribution in [-0.4, -0.2) is 33.8 Å². The Hall–Kier alpha value is -3.19. The van der Waals surface area contributed by atoms with Gasteiger partial charge in [-0.15, -0.1) is 0 Å². The van der Waals surface area contributed by atoms with Crippen molar-refractivity contribution in [2.75, 3.05) is 18.1 Å². The summed E-state index contributed by atoms with van der Waals surface area (Å²) < 4.78 is 8.72. The minimum absolute atomic E-state index is 0.0758. The molecule has 0 saturated carbocycles. The fourth-order valence-electron chi connectivity index (χ4n) is 3.79. The first-order valence-electron chi connectivity index (χ1n) is 11.4. The van der Waals surface area contributed by atoms with Gasteiger partial charge in [0.2, 0.25) is 0 Å². The molecule has 0 spiro atoms. The van der Waals surface area contributed by atoms with E-state index in [1.54, 1.807) is 22.4 Å². The maximum absolute atomic E-state index is 13.6. The monoisotopic (exact) mass is 462 g/mol. The third-order valence-corrected chi connectivity index (χ3v) is 6.55. The van der Waals surface area contributed by atoms with E-state index in [-0.39, 0.29) is 5.91 Å². The van der Waals surface area contributed by atoms with E-state index in [0.717, 1.165) is 40.8 Å². The second-order valence-corrected chi connectivity index (χ2v) is 9.24. The molecule has 0 aliphatic carbocycles. The van der Waals surface area contributed by atoms with Gasteiger partial charge < -0.3 is 4.74 Å². The molecule has 0 bridgehead atoms. The van der Waals surface area contributed by atoms with Gasteiger partial charge in [-0.1, -0.05) is 37.2 Å². The summed E-state index contributed by atoms with van der Waals surface area (Å²) in [5.41, 5.74) is 3.88. The quantitative estimate of drug-likeness (QED) is 0.270. The Morgan fingerprint density at radius 2 is 1.97 bits per heavy atom. The zero-order chi connectivity index (χ0) is 23.2. The molecule has 0 N–H and O–H groups in total. The molecule has 33 heavy (non-hydrogen) atoms. The molecule has 4 rings (SSSR count). The Morgan fingerprint density at radius 1 is 1.15 bits per heavy atom. The molecule has 0 aliphatic rings. The molecule has 0 fully saturated rings. The summed E-state index contributed by atoms with van der Waals surface area (Å²) in [5, 5.41) is 4.99. The minimum atomic E-state index is -0.0758. The molecule has 0 saturated heterocycles. The van der Waals surface area contributed by atoms with E-state index in [4.69, 9.17) is 9.72 Å². The Balaban J connectivity index is 1.58. The van der Waals surface area contributed by atoms with Gasteiger partial charge in [0.15, 0.2) is 5.13 Å². The summed E-state index contributed by atoms with van der Waals surface area (Å²) >= 11 is 1.55. The second-order valence-electron chi connectivity index (χ2n) is 8.23. The summed E-state index contributed by atoms with van der Waals surface area (Å²) in [5.74, 6) is 0.713. The SMILES string of the molecule is CCCCCOc1ccc(C(=O)N(CCn2cccn2)c2nc3c(C)cc(C)cc3s2)cc1. The average molecular weight is 463 g/mol. The fraction of sp³-hybridized carbons (Fsp3) is 0.346. The van der Waals surface area contributed by atoms with Crippen molar-refractivity contribution < 1.29 is 9.53 Å². The molecule has 0 aliphatic heterocycles. The summed E-state index contributed by atoms with van der Waals surface area (Å²) in [4.78, 5) is 20.2. The van der Waals surface area contributed by atoms with Crippen molar-refractivity contribution in [2.24, 2.45) is 0 Å². The maximum Gasteiger partial charge on any atom is 0.260 e. The standard InChI is InChI=1S/C26H30N4O2S/c1-4-5-6-16-32-22-10-8-21(9-11-22)25(31)30(15-14-29-13-7-12-27-29)26-28-24-20(3)17-19(2)18-23(24)33-26/h7-13,17-18H,4-6,14-16H2,1-3H3. The molecule has 2 aromatic heterocycles. The number of hydrogen-bond donors (Lipinski definition) is 0. The number of carbonyl (C=O) groups excluding carboxylic acids is 1. The summed E-state index contributed by atoms with van der Waals surface area (Å²) in [6.45, 7) is 8.08. The number of hydrogen-bond acceptors (Lipinski definition) is 5. The van der Waals surface area contributed by atoms with Gasteiger partial charge in [0, 0.05) is 24.5 Å². The predicted molar refractivity (Wildman–Crippen MR) is 134 cm³/mol. The Morgan fingerprint density at radius 3 is 2.70 bits per heavy atom. The van der Waals surface area contributed by atoms with Crippen molar-refractivity contribution in [1.82, 2.24) is 14.8 Å². The normalized spacial score (nSPS) is 11.1. The molecule has 6 nitrogen and oxygen atoms in total. The van der Waals surface area contributed by atoms with Gasteiger partial charge in [-0.3, -0.25) is 14.4 Å². The van der Waals surface area contributed by atoms with Crippen LogP contribution in [0, 0.1) is 13.8 Å². The molecule has 2 heterocycles. The number of ether oxygens (including phenoxy) is 1. The molecule has 1 amide bonds. The number of fused-ring (bicyclic) bond motifs is 1. The van der Waals surface area contributed by atoms with Crippen LogP contribution >= 0.6 is 11.3 Å². The molecule has 2 aromatic carbocycles. The van der Waals surface area contributed by atoms with E-state index in [9.17, 15) is 4.79 Å². The molecule has 0 unspecified atom stereocenters. The summed E-state index contributed by atoms with van der Waals surface area (Å²) in [6.07, 6.45) is 7.00. The minimum Gasteiger partial charge on any atom is -0.494 e. The van der Waals surface area contributed by atoms with Crippen molar-refractivity contribution in [2.45, 2.75) is 46.6 Å². The van der Waals surface area contributed by atoms with Crippen LogP contribution in [0.25, 0.3) is 10.2 Å². The fourth-order valence-corrected chi connectivity index (χ4v) is 4.95. The molecule has 0 atom stereocenters. The first-order valence-corrected chi connectivity index (χ1v) is 12.3. The third kappa shape index (κ3) is 5.60. The first kappa shape index (κ1) is 23.0. The number of nitrogens with zero attached hydrogens (tertiary/aromatic N) is 4. The largest absolute Gasteiger partial charge is 0.494 e. The summed E-state index contributed by atoms with van der Waals surface area (Å²) in [6, 6.07) is 13.6. The van der Waals surface area contributed by atoms with Crippen molar-refractivity contribution in [3.05, 3.63) is 71.5 Å². The van der Waals surface area contributed by atoms with Gasteiger partial charge in [-0.25, -0.2) is 4.98 Å². The number of thiazole rings is 1. The maximum atomic E-state index is 13.6. The van der Waals surface area contributed by atoms with E-state index < -0.39 is 0 Å². The van der Waals surface area contributed by atoms with Crippen LogP contribution in [0.1, 0.15) is 47.7 Å². The number of anilines is 1. The molecule has 4 aromatic rings. The summed E-state index contributed by atoms with van der Waals surface area (Å²) in [7, 11) is 0. The number of rotatable bonds is 10. The van der Waals surface area contributed by atoms with E-state index in [1.165, 1.54) is 5.56 Å². The Kier molecular flexibility index (Phi) is 7.40. The van der Waals surface area contributed by atoms with Crippen molar-refractivity contribution in [1.29, 1.82) is 0 Å². The lowest BCUT2D eigenvalue weighted by Crippen LogP contribution is -2.34. The highest BCUT2D eigenvalue weighted by Crippen LogP contribution is 2.32. The highest BCUT2D eigenvalue weighted by Gasteiger charge is 2.22. The highest BCUT2D eigenvalue weighted by atomic mass is 32.1. The molecule has 7 heteroatoms. The number of carbonyl (C=O) groups is 1. The van der Waals surface area contributed by atoms with E-state index in [1.807, 2.05) is 41.2 Å². The highest BCUT2D eigenvalue weighted by molar-refractivity contribution is 7.22. The van der Waals surface area contributed by atoms with Crippen molar-refractivity contribution >= 4 is 32.6 Å². The van der Waals surface area contributed by atoms with Crippen molar-refractivity contribution in [3.8, 4) is 5.75 Å². The number of aryl methyl sites for hydroxylation is 2. The van der Waals surface area contributed by atoms with E-state index in [2.05, 4.69) is 38.0 Å². The Bertz CT molecular complexity index is 1200. The van der Waals surface area contributed by atoms with Gasteiger partial charge in [0.25, 0.3) is 5.91 Å². The van der Waals surface area contributed by atoms with Crippen LogP contribution in [0.15, 0.2) is 54.9 Å². The lowest BCUT2D eigenvalue weighted by molar-refractivity contribution is 0.0985.